The minimum absolute atomic E-state index is 0.151. The van der Waals surface area contributed by atoms with Gasteiger partial charge in [0.2, 0.25) is 5.95 Å². The second-order valence-electron chi connectivity index (χ2n) is 3.52. The Hall–Kier alpha value is -2.43. The fraction of sp³-hybridized carbons (Fsp3) is 0.0769. The topological polar surface area (TPSA) is 51.2 Å². The molecule has 4 nitrogen and oxygen atoms in total. The molecule has 0 bridgehead atoms. The smallest absolute Gasteiger partial charge is 0.262 e. The minimum Gasteiger partial charge on any atom is -0.482 e. The van der Waals surface area contributed by atoms with Gasteiger partial charge in [-0.1, -0.05) is 18.2 Å². The molecule has 2 rings (SSSR count). The average molecular weight is 246 g/mol. The number of amides is 1. The third-order valence-electron chi connectivity index (χ3n) is 2.13. The summed E-state index contributed by atoms with van der Waals surface area (Å²) in [6.45, 7) is -0.151. The number of para-hydroxylation sites is 1. The number of anilines is 1. The number of ether oxygens (including phenoxy) is 1. The van der Waals surface area contributed by atoms with Crippen molar-refractivity contribution in [2.24, 2.45) is 0 Å². The second-order valence-corrected chi connectivity index (χ2v) is 3.52. The van der Waals surface area contributed by atoms with Crippen LogP contribution in [-0.2, 0) is 4.79 Å². The molecule has 18 heavy (non-hydrogen) atoms. The predicted molar refractivity (Wildman–Crippen MR) is 64.8 cm³/mol. The van der Waals surface area contributed by atoms with Crippen molar-refractivity contribution >= 4 is 11.6 Å². The van der Waals surface area contributed by atoms with E-state index in [1.54, 1.807) is 12.1 Å². The average Bonchev–Trinajstić information content (AvgIpc) is 2.39. The molecule has 0 radical (unpaired) electrons. The zero-order valence-corrected chi connectivity index (χ0v) is 9.47. The van der Waals surface area contributed by atoms with Gasteiger partial charge in [-0.2, -0.15) is 4.39 Å². The van der Waals surface area contributed by atoms with E-state index in [1.165, 1.54) is 18.3 Å². The van der Waals surface area contributed by atoms with E-state index in [4.69, 9.17) is 4.74 Å². The molecule has 1 N–H and O–H groups in total. The Kier molecular flexibility index (Phi) is 3.86. The fourth-order valence-corrected chi connectivity index (χ4v) is 1.32. The van der Waals surface area contributed by atoms with E-state index in [2.05, 4.69) is 10.3 Å². The van der Waals surface area contributed by atoms with E-state index in [0.717, 1.165) is 0 Å². The molecule has 0 fully saturated rings. The van der Waals surface area contributed by atoms with E-state index in [-0.39, 0.29) is 12.5 Å². The van der Waals surface area contributed by atoms with E-state index in [0.29, 0.717) is 11.4 Å². The highest BCUT2D eigenvalue weighted by atomic mass is 19.1. The zero-order valence-electron chi connectivity index (χ0n) is 9.47. The Bertz CT molecular complexity index is 514. The quantitative estimate of drug-likeness (QED) is 0.842. The van der Waals surface area contributed by atoms with Crippen LogP contribution in [0, 0.1) is 5.95 Å². The molecule has 0 saturated carbocycles. The van der Waals surface area contributed by atoms with Gasteiger partial charge in [-0.15, -0.1) is 0 Å². The first-order valence-electron chi connectivity index (χ1n) is 5.33. The Morgan fingerprint density at radius 1 is 1.22 bits per heavy atom. The SMILES string of the molecule is O=C(COc1ccc(F)nc1)Nc1ccccc1. The molecule has 0 aliphatic rings. The summed E-state index contributed by atoms with van der Waals surface area (Å²) in [5, 5.41) is 2.67. The van der Waals surface area contributed by atoms with Crippen molar-refractivity contribution in [1.82, 2.24) is 4.98 Å². The number of rotatable bonds is 4. The van der Waals surface area contributed by atoms with Gasteiger partial charge < -0.3 is 10.1 Å². The lowest BCUT2D eigenvalue weighted by Crippen LogP contribution is -2.20. The number of carbonyl (C=O) groups excluding carboxylic acids is 1. The van der Waals surface area contributed by atoms with Crippen LogP contribution in [-0.4, -0.2) is 17.5 Å². The molecule has 0 aliphatic carbocycles. The molecule has 0 unspecified atom stereocenters. The molecule has 1 heterocycles. The van der Waals surface area contributed by atoms with Crippen LogP contribution in [0.2, 0.25) is 0 Å². The lowest BCUT2D eigenvalue weighted by Gasteiger charge is -2.06. The number of nitrogens with one attached hydrogen (secondary N) is 1. The number of nitrogens with zero attached hydrogens (tertiary/aromatic N) is 1. The lowest BCUT2D eigenvalue weighted by molar-refractivity contribution is -0.118. The van der Waals surface area contributed by atoms with Crippen LogP contribution < -0.4 is 10.1 Å². The van der Waals surface area contributed by atoms with Crippen LogP contribution in [0.15, 0.2) is 48.7 Å². The van der Waals surface area contributed by atoms with E-state index in [9.17, 15) is 9.18 Å². The number of halogens is 1. The Morgan fingerprint density at radius 2 is 2.00 bits per heavy atom. The summed E-state index contributed by atoms with van der Waals surface area (Å²) >= 11 is 0. The maximum atomic E-state index is 12.5. The molecule has 92 valence electrons. The zero-order chi connectivity index (χ0) is 12.8. The van der Waals surface area contributed by atoms with Gasteiger partial charge in [0.15, 0.2) is 6.61 Å². The minimum atomic E-state index is -0.587. The van der Waals surface area contributed by atoms with Crippen LogP contribution in [0.25, 0.3) is 0 Å². The number of carbonyl (C=O) groups is 1. The van der Waals surface area contributed by atoms with Crippen LogP contribution in [0.1, 0.15) is 0 Å². The highest BCUT2D eigenvalue weighted by molar-refractivity contribution is 5.91. The highest BCUT2D eigenvalue weighted by Crippen LogP contribution is 2.09. The van der Waals surface area contributed by atoms with Crippen LogP contribution in [0.3, 0.4) is 0 Å². The number of aromatic nitrogens is 1. The normalized spacial score (nSPS) is 9.83. The van der Waals surface area contributed by atoms with Gasteiger partial charge in [0.25, 0.3) is 5.91 Å². The van der Waals surface area contributed by atoms with Gasteiger partial charge in [0, 0.05) is 5.69 Å². The lowest BCUT2D eigenvalue weighted by atomic mass is 10.3. The Balaban J connectivity index is 1.83. The molecule has 2 aromatic rings. The van der Waals surface area contributed by atoms with Gasteiger partial charge in [0.05, 0.1) is 6.20 Å². The molecule has 0 saturated heterocycles. The standard InChI is InChI=1S/C13H11FN2O2/c14-12-7-6-11(8-15-12)18-9-13(17)16-10-4-2-1-3-5-10/h1-8H,9H2,(H,16,17). The van der Waals surface area contributed by atoms with Crippen molar-refractivity contribution < 1.29 is 13.9 Å². The van der Waals surface area contributed by atoms with Crippen molar-refractivity contribution in [2.75, 3.05) is 11.9 Å². The van der Waals surface area contributed by atoms with Gasteiger partial charge >= 0.3 is 0 Å². The van der Waals surface area contributed by atoms with E-state index >= 15 is 0 Å². The second kappa shape index (κ2) is 5.77. The van der Waals surface area contributed by atoms with Crippen LogP contribution >= 0.6 is 0 Å². The van der Waals surface area contributed by atoms with E-state index in [1.807, 2.05) is 18.2 Å². The maximum Gasteiger partial charge on any atom is 0.262 e. The summed E-state index contributed by atoms with van der Waals surface area (Å²) in [7, 11) is 0. The van der Waals surface area contributed by atoms with Gasteiger partial charge in [-0.25, -0.2) is 4.98 Å². The molecule has 1 aromatic heterocycles. The first-order chi connectivity index (χ1) is 8.74. The molecule has 1 amide bonds. The third kappa shape index (κ3) is 3.55. The molecular formula is C13H11FN2O2. The summed E-state index contributed by atoms with van der Waals surface area (Å²) in [6.07, 6.45) is 1.23. The van der Waals surface area contributed by atoms with Crippen molar-refractivity contribution in [1.29, 1.82) is 0 Å². The monoisotopic (exact) mass is 246 g/mol. The Labute approximate surface area is 103 Å². The number of hydrogen-bond donors (Lipinski definition) is 1. The summed E-state index contributed by atoms with van der Waals surface area (Å²) in [5.41, 5.74) is 0.698. The summed E-state index contributed by atoms with van der Waals surface area (Å²) < 4.78 is 17.7. The Morgan fingerprint density at radius 3 is 2.67 bits per heavy atom. The van der Waals surface area contributed by atoms with Crippen molar-refractivity contribution in [3.63, 3.8) is 0 Å². The van der Waals surface area contributed by atoms with Gasteiger partial charge in [-0.05, 0) is 24.3 Å². The van der Waals surface area contributed by atoms with Crippen molar-refractivity contribution in [3.05, 3.63) is 54.6 Å². The first-order valence-corrected chi connectivity index (χ1v) is 5.33. The summed E-state index contributed by atoms with van der Waals surface area (Å²) in [6, 6.07) is 11.6. The van der Waals surface area contributed by atoms with Gasteiger partial charge in [-0.3, -0.25) is 4.79 Å². The highest BCUT2D eigenvalue weighted by Gasteiger charge is 2.03. The number of benzene rings is 1. The number of pyridine rings is 1. The van der Waals surface area contributed by atoms with E-state index < -0.39 is 5.95 Å². The largest absolute Gasteiger partial charge is 0.482 e. The molecule has 5 heteroatoms. The van der Waals surface area contributed by atoms with Crippen molar-refractivity contribution in [3.8, 4) is 5.75 Å². The number of hydrogen-bond acceptors (Lipinski definition) is 3. The van der Waals surface area contributed by atoms with Crippen LogP contribution in [0.5, 0.6) is 5.75 Å². The third-order valence-corrected chi connectivity index (χ3v) is 2.13. The predicted octanol–water partition coefficient (Wildman–Crippen LogP) is 2.24. The molecule has 0 spiro atoms. The summed E-state index contributed by atoms with van der Waals surface area (Å²) in [5.74, 6) is -0.527. The van der Waals surface area contributed by atoms with Crippen LogP contribution in [0.4, 0.5) is 10.1 Å². The molecule has 0 aliphatic heterocycles. The first kappa shape index (κ1) is 12.0. The molecular weight excluding hydrogens is 235 g/mol. The van der Waals surface area contributed by atoms with Gasteiger partial charge in [0.1, 0.15) is 5.75 Å². The fourth-order valence-electron chi connectivity index (χ4n) is 1.32. The summed E-state index contributed by atoms with van der Waals surface area (Å²) in [4.78, 5) is 14.9. The maximum absolute atomic E-state index is 12.5. The molecule has 1 aromatic carbocycles. The molecule has 0 atom stereocenters. The van der Waals surface area contributed by atoms with Crippen molar-refractivity contribution in [2.45, 2.75) is 0 Å².